The van der Waals surface area contributed by atoms with Gasteiger partial charge in [0.15, 0.2) is 0 Å². The van der Waals surface area contributed by atoms with E-state index in [4.69, 9.17) is 4.42 Å². The molecule has 8 aromatic carbocycles. The van der Waals surface area contributed by atoms with Crippen LogP contribution in [0.25, 0.3) is 88.7 Å². The summed E-state index contributed by atoms with van der Waals surface area (Å²) < 4.78 is 6.16. The van der Waals surface area contributed by atoms with E-state index in [9.17, 15) is 0 Å². The molecule has 2 heteroatoms. The van der Waals surface area contributed by atoms with E-state index in [0.29, 0.717) is 0 Å². The van der Waals surface area contributed by atoms with Crippen LogP contribution in [0.3, 0.4) is 0 Å². The van der Waals surface area contributed by atoms with Crippen molar-refractivity contribution in [1.82, 2.24) is 0 Å². The quantitative estimate of drug-likeness (QED) is 0.191. The molecule has 1 heterocycles. The zero-order valence-electron chi connectivity index (χ0n) is 27.1. The van der Waals surface area contributed by atoms with Crippen molar-refractivity contribution in [2.45, 2.75) is 0 Å². The van der Waals surface area contributed by atoms with Crippen molar-refractivity contribution in [2.24, 2.45) is 0 Å². The first-order valence-electron chi connectivity index (χ1n) is 17.2. The lowest BCUT2D eigenvalue weighted by Gasteiger charge is -2.26. The van der Waals surface area contributed by atoms with E-state index in [0.717, 1.165) is 39.0 Å². The van der Waals surface area contributed by atoms with Gasteiger partial charge in [0.1, 0.15) is 11.2 Å². The first kappa shape index (κ1) is 27.3. The first-order valence-corrected chi connectivity index (χ1v) is 17.2. The van der Waals surface area contributed by atoms with Gasteiger partial charge in [-0.1, -0.05) is 121 Å². The van der Waals surface area contributed by atoms with Gasteiger partial charge in [0, 0.05) is 27.8 Å². The number of furan rings is 1. The van der Waals surface area contributed by atoms with Gasteiger partial charge >= 0.3 is 0 Å². The molecule has 0 amide bonds. The van der Waals surface area contributed by atoms with E-state index in [-0.39, 0.29) is 0 Å². The number of anilines is 3. The summed E-state index contributed by atoms with van der Waals surface area (Å²) in [5.41, 5.74) is 20.6. The second kappa shape index (κ2) is 10.4. The average Bonchev–Trinajstić information content (AvgIpc) is 3.50. The molecule has 0 fully saturated rings. The van der Waals surface area contributed by atoms with Crippen molar-refractivity contribution in [3.05, 3.63) is 176 Å². The molecule has 11 rings (SSSR count). The Labute approximate surface area is 290 Å². The van der Waals surface area contributed by atoms with Crippen molar-refractivity contribution in [1.29, 1.82) is 0 Å². The van der Waals surface area contributed by atoms with Crippen molar-refractivity contribution in [2.75, 3.05) is 4.90 Å². The number of hydrogen-bond acceptors (Lipinski definition) is 2. The fourth-order valence-corrected chi connectivity index (χ4v) is 8.36. The van der Waals surface area contributed by atoms with Gasteiger partial charge in [0.25, 0.3) is 0 Å². The zero-order chi connectivity index (χ0) is 32.8. The molecule has 0 spiro atoms. The first-order chi connectivity index (χ1) is 24.8. The third-order valence-electron chi connectivity index (χ3n) is 10.6. The number of hydrogen-bond donors (Lipinski definition) is 0. The largest absolute Gasteiger partial charge is 0.456 e. The van der Waals surface area contributed by atoms with Crippen LogP contribution in [0, 0.1) is 0 Å². The lowest BCUT2D eigenvalue weighted by atomic mass is 9.83. The number of para-hydroxylation sites is 2. The lowest BCUT2D eigenvalue weighted by molar-refractivity contribution is 0.669. The molecular formula is C48H29NO. The predicted molar refractivity (Wildman–Crippen MR) is 208 cm³/mol. The van der Waals surface area contributed by atoms with Crippen LogP contribution < -0.4 is 4.90 Å². The summed E-state index contributed by atoms with van der Waals surface area (Å²) >= 11 is 0. The topological polar surface area (TPSA) is 16.4 Å². The summed E-state index contributed by atoms with van der Waals surface area (Å²) in [6.07, 6.45) is 0. The Balaban J connectivity index is 1.05. The highest BCUT2D eigenvalue weighted by Crippen LogP contribution is 2.57. The van der Waals surface area contributed by atoms with E-state index in [2.05, 4.69) is 169 Å². The van der Waals surface area contributed by atoms with E-state index in [1.54, 1.807) is 0 Å². The summed E-state index contributed by atoms with van der Waals surface area (Å²) in [6, 6.07) is 63.9. The summed E-state index contributed by atoms with van der Waals surface area (Å²) in [5, 5.41) is 2.24. The summed E-state index contributed by atoms with van der Waals surface area (Å²) in [6.45, 7) is 0. The van der Waals surface area contributed by atoms with Gasteiger partial charge in [-0.3, -0.25) is 0 Å². The van der Waals surface area contributed by atoms with Crippen LogP contribution in [0.5, 0.6) is 0 Å². The monoisotopic (exact) mass is 635 g/mol. The van der Waals surface area contributed by atoms with E-state index in [1.807, 2.05) is 12.1 Å². The van der Waals surface area contributed by atoms with Crippen LogP contribution in [0.15, 0.2) is 180 Å². The SMILES string of the molecule is c1ccc(N(c2ccc(-c3ccc4c(c3)-c3c5cccc3-c3cccc-4c3-c3ccccc3-5)cc2)c2ccc3oc4ccccc4c3c2)cc1. The van der Waals surface area contributed by atoms with E-state index < -0.39 is 0 Å². The minimum atomic E-state index is 0.896. The fourth-order valence-electron chi connectivity index (χ4n) is 8.36. The highest BCUT2D eigenvalue weighted by molar-refractivity contribution is 6.15. The molecule has 9 aromatic rings. The molecular weight excluding hydrogens is 607 g/mol. The van der Waals surface area contributed by atoms with Crippen LogP contribution in [-0.2, 0) is 0 Å². The van der Waals surface area contributed by atoms with Crippen molar-refractivity contribution < 1.29 is 4.42 Å². The molecule has 1 aromatic heterocycles. The number of rotatable bonds is 4. The van der Waals surface area contributed by atoms with Crippen molar-refractivity contribution in [3.63, 3.8) is 0 Å². The normalized spacial score (nSPS) is 12.0. The van der Waals surface area contributed by atoms with E-state index >= 15 is 0 Å². The Hall–Kier alpha value is -6.64. The minimum Gasteiger partial charge on any atom is -0.456 e. The van der Waals surface area contributed by atoms with Crippen LogP contribution in [0.1, 0.15) is 0 Å². The van der Waals surface area contributed by atoms with Gasteiger partial charge in [-0.15, -0.1) is 0 Å². The molecule has 0 aliphatic heterocycles. The second-order valence-electron chi connectivity index (χ2n) is 13.3. The third-order valence-corrected chi connectivity index (χ3v) is 10.6. The van der Waals surface area contributed by atoms with Gasteiger partial charge in [0.05, 0.1) is 0 Å². The van der Waals surface area contributed by atoms with E-state index in [1.165, 1.54) is 66.8 Å². The van der Waals surface area contributed by atoms with Crippen molar-refractivity contribution in [3.8, 4) is 66.8 Å². The fraction of sp³-hybridized carbons (Fsp3) is 0. The molecule has 0 atom stereocenters. The number of fused-ring (bicyclic) bond motifs is 7. The van der Waals surface area contributed by atoms with Gasteiger partial charge in [0.2, 0.25) is 0 Å². The van der Waals surface area contributed by atoms with Gasteiger partial charge in [-0.2, -0.15) is 0 Å². The minimum absolute atomic E-state index is 0.896. The van der Waals surface area contributed by atoms with Crippen LogP contribution >= 0.6 is 0 Å². The third kappa shape index (κ3) is 3.90. The molecule has 50 heavy (non-hydrogen) atoms. The molecule has 0 N–H and O–H groups in total. The molecule has 2 aliphatic rings. The molecule has 0 saturated heterocycles. The summed E-state index contributed by atoms with van der Waals surface area (Å²) in [4.78, 5) is 2.32. The molecule has 0 radical (unpaired) electrons. The Morgan fingerprint density at radius 3 is 1.62 bits per heavy atom. The molecule has 2 nitrogen and oxygen atoms in total. The smallest absolute Gasteiger partial charge is 0.135 e. The van der Waals surface area contributed by atoms with Gasteiger partial charge in [-0.05, 0) is 121 Å². The molecule has 0 saturated carbocycles. The standard InChI is InChI=1S/C48H29NO/c1-2-10-32(11-3-1)49(34-25-27-46-43(29-34)37-13-6-7-19-45(37)50-46)33-23-20-30(21-24-33)31-22-26-36-40-16-9-17-41-42-18-8-15-39(48(42)44(36)28-31)35-12-4-5-14-38(35)47(40)41/h1-29H. The Bertz CT molecular complexity index is 2780. The Morgan fingerprint density at radius 1 is 0.300 bits per heavy atom. The Morgan fingerprint density at radius 2 is 0.840 bits per heavy atom. The maximum Gasteiger partial charge on any atom is 0.135 e. The summed E-state index contributed by atoms with van der Waals surface area (Å²) in [7, 11) is 0. The lowest BCUT2D eigenvalue weighted by Crippen LogP contribution is -2.09. The van der Waals surface area contributed by atoms with Gasteiger partial charge < -0.3 is 9.32 Å². The van der Waals surface area contributed by atoms with Crippen molar-refractivity contribution >= 4 is 39.0 Å². The molecule has 0 unspecified atom stereocenters. The second-order valence-corrected chi connectivity index (χ2v) is 13.3. The number of benzene rings is 8. The van der Waals surface area contributed by atoms with Gasteiger partial charge in [-0.25, -0.2) is 0 Å². The van der Waals surface area contributed by atoms with Crippen LogP contribution in [-0.4, -0.2) is 0 Å². The molecule has 6 bridgehead atoms. The zero-order valence-corrected chi connectivity index (χ0v) is 27.1. The summed E-state index contributed by atoms with van der Waals surface area (Å²) in [5.74, 6) is 0. The maximum absolute atomic E-state index is 6.16. The average molecular weight is 636 g/mol. The highest BCUT2D eigenvalue weighted by Gasteiger charge is 2.30. The number of nitrogens with zero attached hydrogens (tertiary/aromatic N) is 1. The van der Waals surface area contributed by atoms with Crippen LogP contribution in [0.4, 0.5) is 17.1 Å². The highest BCUT2D eigenvalue weighted by atomic mass is 16.3. The van der Waals surface area contributed by atoms with Crippen LogP contribution in [0.2, 0.25) is 0 Å². The molecule has 232 valence electrons. The Kier molecular flexibility index (Phi) is 5.70. The molecule has 2 aliphatic carbocycles. The predicted octanol–water partition coefficient (Wildman–Crippen LogP) is 13.7. The maximum atomic E-state index is 6.16.